The number of hydrogen-bond donors (Lipinski definition) is 2. The van der Waals surface area contributed by atoms with Gasteiger partial charge in [0.2, 0.25) is 0 Å². The molecule has 1 fully saturated rings. The molecule has 0 amide bonds. The smallest absolute Gasteiger partial charge is 0.0468 e. The second-order valence-corrected chi connectivity index (χ2v) is 4.42. The van der Waals surface area contributed by atoms with Crippen molar-refractivity contribution in [2.45, 2.75) is 32.1 Å². The highest BCUT2D eigenvalue weighted by molar-refractivity contribution is 4.94. The molecule has 0 radical (unpaired) electrons. The molecule has 0 spiro atoms. The van der Waals surface area contributed by atoms with E-state index in [0.717, 1.165) is 26.1 Å². The molecule has 0 aliphatic heterocycles. The van der Waals surface area contributed by atoms with Crippen LogP contribution < -0.4 is 11.1 Å². The molecule has 3 heteroatoms. The third kappa shape index (κ3) is 4.40. The molecule has 84 valence electrons. The van der Waals surface area contributed by atoms with Gasteiger partial charge in [-0.05, 0) is 50.6 Å². The van der Waals surface area contributed by atoms with Crippen LogP contribution in [0.15, 0.2) is 0 Å². The summed E-state index contributed by atoms with van der Waals surface area (Å²) in [6.07, 6.45) is 6.31. The van der Waals surface area contributed by atoms with Crippen LogP contribution in [-0.4, -0.2) is 33.4 Å². The number of methoxy groups -OCH3 is 1. The first-order valence-corrected chi connectivity index (χ1v) is 5.73. The zero-order valence-electron chi connectivity index (χ0n) is 9.35. The van der Waals surface area contributed by atoms with Crippen LogP contribution in [0.4, 0.5) is 0 Å². The molecule has 1 rings (SSSR count). The number of nitrogens with one attached hydrogen (secondary N) is 1. The largest absolute Gasteiger partial charge is 0.385 e. The summed E-state index contributed by atoms with van der Waals surface area (Å²) >= 11 is 0. The van der Waals surface area contributed by atoms with Gasteiger partial charge < -0.3 is 15.8 Å². The van der Waals surface area contributed by atoms with Crippen molar-refractivity contribution < 1.29 is 4.74 Å². The number of nitrogens with two attached hydrogens (primary N) is 1. The van der Waals surface area contributed by atoms with Gasteiger partial charge in [0.1, 0.15) is 0 Å². The Kier molecular flexibility index (Phi) is 5.45. The molecule has 0 unspecified atom stereocenters. The SMILES string of the molecule is COCCC1(CNCCCCN)CC1. The maximum absolute atomic E-state index is 5.43. The van der Waals surface area contributed by atoms with Gasteiger partial charge in [-0.3, -0.25) is 0 Å². The molecule has 0 bridgehead atoms. The average molecular weight is 200 g/mol. The first-order chi connectivity index (χ1) is 6.83. The predicted molar refractivity (Wildman–Crippen MR) is 59.3 cm³/mol. The Labute approximate surface area is 87.4 Å². The van der Waals surface area contributed by atoms with Crippen LogP contribution in [0.2, 0.25) is 0 Å². The van der Waals surface area contributed by atoms with Gasteiger partial charge in [0, 0.05) is 20.3 Å². The molecule has 3 nitrogen and oxygen atoms in total. The Bertz CT molecular complexity index is 146. The molecule has 0 aromatic heterocycles. The third-order valence-electron chi connectivity index (χ3n) is 3.10. The summed E-state index contributed by atoms with van der Waals surface area (Å²) in [5.74, 6) is 0. The van der Waals surface area contributed by atoms with E-state index in [9.17, 15) is 0 Å². The maximum Gasteiger partial charge on any atom is 0.0468 e. The van der Waals surface area contributed by atoms with E-state index in [1.54, 1.807) is 7.11 Å². The van der Waals surface area contributed by atoms with Crippen LogP contribution >= 0.6 is 0 Å². The summed E-state index contributed by atoms with van der Waals surface area (Å²) in [4.78, 5) is 0. The minimum Gasteiger partial charge on any atom is -0.385 e. The van der Waals surface area contributed by atoms with Gasteiger partial charge in [-0.1, -0.05) is 0 Å². The Balaban J connectivity index is 1.94. The highest BCUT2D eigenvalue weighted by Gasteiger charge is 2.41. The molecule has 14 heavy (non-hydrogen) atoms. The average Bonchev–Trinajstić information content (AvgIpc) is 2.96. The highest BCUT2D eigenvalue weighted by Crippen LogP contribution is 2.48. The van der Waals surface area contributed by atoms with Crippen molar-refractivity contribution in [2.24, 2.45) is 11.1 Å². The van der Waals surface area contributed by atoms with Crippen LogP contribution in [0.25, 0.3) is 0 Å². The summed E-state index contributed by atoms with van der Waals surface area (Å²) < 4.78 is 5.12. The van der Waals surface area contributed by atoms with Crippen LogP contribution in [0.3, 0.4) is 0 Å². The van der Waals surface area contributed by atoms with Crippen LogP contribution in [0, 0.1) is 5.41 Å². The van der Waals surface area contributed by atoms with Gasteiger partial charge in [0.25, 0.3) is 0 Å². The van der Waals surface area contributed by atoms with Gasteiger partial charge in [-0.15, -0.1) is 0 Å². The third-order valence-corrected chi connectivity index (χ3v) is 3.10. The quantitative estimate of drug-likeness (QED) is 0.549. The van der Waals surface area contributed by atoms with E-state index >= 15 is 0 Å². The molecule has 0 atom stereocenters. The van der Waals surface area contributed by atoms with E-state index in [1.807, 2.05) is 0 Å². The van der Waals surface area contributed by atoms with Gasteiger partial charge in [0.05, 0.1) is 0 Å². The number of rotatable bonds is 9. The van der Waals surface area contributed by atoms with Crippen molar-refractivity contribution >= 4 is 0 Å². The van der Waals surface area contributed by atoms with E-state index in [2.05, 4.69) is 5.32 Å². The fourth-order valence-corrected chi connectivity index (χ4v) is 1.76. The molecular formula is C11H24N2O. The van der Waals surface area contributed by atoms with E-state index in [0.29, 0.717) is 5.41 Å². The van der Waals surface area contributed by atoms with Gasteiger partial charge in [-0.25, -0.2) is 0 Å². The van der Waals surface area contributed by atoms with Crippen molar-refractivity contribution in [3.8, 4) is 0 Å². The van der Waals surface area contributed by atoms with Crippen LogP contribution in [0.1, 0.15) is 32.1 Å². The second kappa shape index (κ2) is 6.38. The van der Waals surface area contributed by atoms with Crippen molar-refractivity contribution in [1.29, 1.82) is 0 Å². The summed E-state index contributed by atoms with van der Waals surface area (Å²) in [5, 5.41) is 3.52. The topological polar surface area (TPSA) is 47.3 Å². The summed E-state index contributed by atoms with van der Waals surface area (Å²) in [6, 6.07) is 0. The molecule has 0 aromatic rings. The Morgan fingerprint density at radius 1 is 1.36 bits per heavy atom. The summed E-state index contributed by atoms with van der Waals surface area (Å²) in [7, 11) is 1.78. The first kappa shape index (κ1) is 12.0. The fraction of sp³-hybridized carbons (Fsp3) is 1.00. The predicted octanol–water partition coefficient (Wildman–Crippen LogP) is 1.13. The molecule has 1 aliphatic rings. The zero-order valence-corrected chi connectivity index (χ0v) is 9.35. The van der Waals surface area contributed by atoms with E-state index < -0.39 is 0 Å². The standard InChI is InChI=1S/C11H24N2O/c1-14-9-6-11(4-5-11)10-13-8-3-2-7-12/h13H,2-10,12H2,1H3. The lowest BCUT2D eigenvalue weighted by Crippen LogP contribution is -2.26. The van der Waals surface area contributed by atoms with E-state index in [-0.39, 0.29) is 0 Å². The molecule has 0 aromatic carbocycles. The molecule has 0 heterocycles. The molecule has 3 N–H and O–H groups in total. The van der Waals surface area contributed by atoms with E-state index in [1.165, 1.54) is 32.2 Å². The Hall–Kier alpha value is -0.120. The summed E-state index contributed by atoms with van der Waals surface area (Å²) in [5.41, 5.74) is 6.01. The first-order valence-electron chi connectivity index (χ1n) is 5.73. The van der Waals surface area contributed by atoms with Crippen molar-refractivity contribution in [3.63, 3.8) is 0 Å². The molecule has 1 aliphatic carbocycles. The number of unbranched alkanes of at least 4 members (excludes halogenated alkanes) is 1. The number of ether oxygens (including phenoxy) is 1. The summed E-state index contributed by atoms with van der Waals surface area (Å²) in [6.45, 7) is 4.01. The monoisotopic (exact) mass is 200 g/mol. The fourth-order valence-electron chi connectivity index (χ4n) is 1.76. The molecule has 1 saturated carbocycles. The van der Waals surface area contributed by atoms with Crippen molar-refractivity contribution in [2.75, 3.05) is 33.4 Å². The maximum atomic E-state index is 5.43. The second-order valence-electron chi connectivity index (χ2n) is 4.42. The lowest BCUT2D eigenvalue weighted by atomic mass is 10.0. The molecule has 0 saturated heterocycles. The lowest BCUT2D eigenvalue weighted by Gasteiger charge is -2.15. The lowest BCUT2D eigenvalue weighted by molar-refractivity contribution is 0.171. The minimum absolute atomic E-state index is 0.582. The molecular weight excluding hydrogens is 176 g/mol. The Morgan fingerprint density at radius 2 is 2.14 bits per heavy atom. The van der Waals surface area contributed by atoms with E-state index in [4.69, 9.17) is 10.5 Å². The Morgan fingerprint density at radius 3 is 2.71 bits per heavy atom. The normalized spacial score (nSPS) is 18.4. The minimum atomic E-state index is 0.582. The van der Waals surface area contributed by atoms with Crippen LogP contribution in [0.5, 0.6) is 0 Å². The van der Waals surface area contributed by atoms with Gasteiger partial charge in [-0.2, -0.15) is 0 Å². The van der Waals surface area contributed by atoms with Gasteiger partial charge in [0.15, 0.2) is 0 Å². The van der Waals surface area contributed by atoms with Crippen LogP contribution in [-0.2, 0) is 4.74 Å². The van der Waals surface area contributed by atoms with Gasteiger partial charge >= 0.3 is 0 Å². The van der Waals surface area contributed by atoms with Crippen molar-refractivity contribution in [3.05, 3.63) is 0 Å². The number of hydrogen-bond acceptors (Lipinski definition) is 3. The highest BCUT2D eigenvalue weighted by atomic mass is 16.5. The zero-order chi connectivity index (χ0) is 10.3. The van der Waals surface area contributed by atoms with Crippen molar-refractivity contribution in [1.82, 2.24) is 5.32 Å².